The lowest BCUT2D eigenvalue weighted by Gasteiger charge is -2.22. The van der Waals surface area contributed by atoms with Gasteiger partial charge in [0.1, 0.15) is 0 Å². The fraction of sp³-hybridized carbons (Fsp3) is 0.611. The van der Waals surface area contributed by atoms with Gasteiger partial charge in [-0.05, 0) is 51.7 Å². The van der Waals surface area contributed by atoms with Crippen LogP contribution in [0.3, 0.4) is 0 Å². The Kier molecular flexibility index (Phi) is 5.66. The van der Waals surface area contributed by atoms with E-state index < -0.39 is 0 Å². The molecular formula is C18H29N3. The molecule has 2 rings (SSSR count). The average molecular weight is 287 g/mol. The second-order valence-corrected chi connectivity index (χ2v) is 6.46. The third-order valence-corrected chi connectivity index (χ3v) is 4.04. The normalized spacial score (nSPS) is 17.1. The molecule has 0 amide bonds. The molecule has 116 valence electrons. The Labute approximate surface area is 129 Å². The van der Waals surface area contributed by atoms with Crippen molar-refractivity contribution >= 4 is 11.6 Å². The second kappa shape index (κ2) is 7.48. The quantitative estimate of drug-likeness (QED) is 0.638. The third-order valence-electron chi connectivity index (χ3n) is 4.04. The maximum absolute atomic E-state index is 4.95. The zero-order valence-electron chi connectivity index (χ0n) is 13.9. The van der Waals surface area contributed by atoms with Gasteiger partial charge in [0.15, 0.2) is 5.96 Å². The number of anilines is 1. The molecule has 0 heterocycles. The van der Waals surface area contributed by atoms with Gasteiger partial charge in [0.2, 0.25) is 0 Å². The minimum Gasteiger partial charge on any atom is -0.354 e. The van der Waals surface area contributed by atoms with Crippen molar-refractivity contribution in [3.8, 4) is 0 Å². The lowest BCUT2D eigenvalue weighted by molar-refractivity contribution is 0.442. The number of nitrogens with one attached hydrogen (secondary N) is 2. The van der Waals surface area contributed by atoms with Crippen LogP contribution in [0.5, 0.6) is 0 Å². The molecule has 0 aromatic heterocycles. The highest BCUT2D eigenvalue weighted by Crippen LogP contribution is 2.22. The van der Waals surface area contributed by atoms with E-state index in [2.05, 4.69) is 56.5 Å². The van der Waals surface area contributed by atoms with Crippen LogP contribution in [0.2, 0.25) is 0 Å². The van der Waals surface area contributed by atoms with E-state index in [1.165, 1.54) is 48.9 Å². The van der Waals surface area contributed by atoms with E-state index >= 15 is 0 Å². The average Bonchev–Trinajstić information content (AvgIpc) is 2.43. The molecule has 0 aliphatic heterocycles. The highest BCUT2D eigenvalue weighted by Gasteiger charge is 2.14. The molecule has 0 saturated heterocycles. The molecule has 0 unspecified atom stereocenters. The van der Waals surface area contributed by atoms with Gasteiger partial charge >= 0.3 is 0 Å². The Hall–Kier alpha value is -1.51. The van der Waals surface area contributed by atoms with Crippen LogP contribution in [0.1, 0.15) is 57.1 Å². The molecular weight excluding hydrogens is 258 g/mol. The van der Waals surface area contributed by atoms with Crippen LogP contribution in [0.25, 0.3) is 0 Å². The highest BCUT2D eigenvalue weighted by atomic mass is 15.2. The lowest BCUT2D eigenvalue weighted by Crippen LogP contribution is -2.37. The number of hydrogen-bond acceptors (Lipinski definition) is 1. The summed E-state index contributed by atoms with van der Waals surface area (Å²) in [6.45, 7) is 8.59. The number of aryl methyl sites for hydroxylation is 2. The Morgan fingerprint density at radius 1 is 1.10 bits per heavy atom. The molecule has 0 atom stereocenters. The van der Waals surface area contributed by atoms with Gasteiger partial charge in [-0.25, -0.2) is 4.99 Å². The monoisotopic (exact) mass is 287 g/mol. The van der Waals surface area contributed by atoms with E-state index in [1.54, 1.807) is 0 Å². The van der Waals surface area contributed by atoms with E-state index in [9.17, 15) is 0 Å². The maximum Gasteiger partial charge on any atom is 0.196 e. The molecule has 1 fully saturated rings. The first-order valence-electron chi connectivity index (χ1n) is 8.24. The molecule has 3 nitrogen and oxygen atoms in total. The van der Waals surface area contributed by atoms with Gasteiger partial charge in [0, 0.05) is 11.7 Å². The SMILES string of the molecule is Cc1cccc(C)c1NC(=NC1CCCCC1)NC(C)C. The lowest BCUT2D eigenvalue weighted by atomic mass is 9.96. The topological polar surface area (TPSA) is 36.4 Å². The summed E-state index contributed by atoms with van der Waals surface area (Å²) in [5, 5.41) is 7.00. The Morgan fingerprint density at radius 2 is 1.71 bits per heavy atom. The summed E-state index contributed by atoms with van der Waals surface area (Å²) in [5.74, 6) is 0.925. The van der Waals surface area contributed by atoms with Crippen LogP contribution < -0.4 is 10.6 Å². The minimum atomic E-state index is 0.379. The van der Waals surface area contributed by atoms with Crippen molar-refractivity contribution < 1.29 is 0 Å². The van der Waals surface area contributed by atoms with Gasteiger partial charge < -0.3 is 10.6 Å². The summed E-state index contributed by atoms with van der Waals surface area (Å²) in [5.41, 5.74) is 3.70. The van der Waals surface area contributed by atoms with E-state index in [0.29, 0.717) is 12.1 Å². The van der Waals surface area contributed by atoms with Crippen molar-refractivity contribution in [3.63, 3.8) is 0 Å². The van der Waals surface area contributed by atoms with E-state index in [-0.39, 0.29) is 0 Å². The number of hydrogen-bond donors (Lipinski definition) is 2. The van der Waals surface area contributed by atoms with Crippen LogP contribution in [-0.4, -0.2) is 18.0 Å². The largest absolute Gasteiger partial charge is 0.354 e. The van der Waals surface area contributed by atoms with Crippen LogP contribution >= 0.6 is 0 Å². The van der Waals surface area contributed by atoms with Gasteiger partial charge in [-0.15, -0.1) is 0 Å². The molecule has 1 aromatic carbocycles. The first-order chi connectivity index (χ1) is 10.1. The summed E-state index contributed by atoms with van der Waals surface area (Å²) in [7, 11) is 0. The van der Waals surface area contributed by atoms with Crippen LogP contribution in [0, 0.1) is 13.8 Å². The third kappa shape index (κ3) is 4.76. The van der Waals surface area contributed by atoms with Gasteiger partial charge in [-0.1, -0.05) is 37.5 Å². The minimum absolute atomic E-state index is 0.379. The molecule has 0 radical (unpaired) electrons. The second-order valence-electron chi connectivity index (χ2n) is 6.46. The summed E-state index contributed by atoms with van der Waals surface area (Å²) in [4.78, 5) is 4.95. The van der Waals surface area contributed by atoms with Crippen LogP contribution in [-0.2, 0) is 0 Å². The molecule has 1 saturated carbocycles. The molecule has 1 aliphatic carbocycles. The fourth-order valence-corrected chi connectivity index (χ4v) is 2.90. The Bertz CT molecular complexity index is 465. The van der Waals surface area contributed by atoms with Crippen molar-refractivity contribution in [2.24, 2.45) is 4.99 Å². The molecule has 0 bridgehead atoms. The zero-order chi connectivity index (χ0) is 15.2. The fourth-order valence-electron chi connectivity index (χ4n) is 2.90. The number of rotatable bonds is 3. The highest BCUT2D eigenvalue weighted by molar-refractivity contribution is 5.95. The number of guanidine groups is 1. The van der Waals surface area contributed by atoms with Crippen LogP contribution in [0.4, 0.5) is 5.69 Å². The molecule has 2 N–H and O–H groups in total. The Balaban J connectivity index is 2.17. The van der Waals surface area contributed by atoms with Gasteiger partial charge in [0.05, 0.1) is 6.04 Å². The number of benzene rings is 1. The number of nitrogens with zero attached hydrogens (tertiary/aromatic N) is 1. The van der Waals surface area contributed by atoms with Gasteiger partial charge in [-0.2, -0.15) is 0 Å². The molecule has 1 aliphatic rings. The van der Waals surface area contributed by atoms with E-state index in [1.807, 2.05) is 0 Å². The predicted octanol–water partition coefficient (Wildman–Crippen LogP) is 4.40. The molecule has 1 aromatic rings. The van der Waals surface area contributed by atoms with Crippen molar-refractivity contribution in [2.45, 2.75) is 71.9 Å². The summed E-state index contributed by atoms with van der Waals surface area (Å²) < 4.78 is 0. The van der Waals surface area contributed by atoms with Gasteiger partial charge in [-0.3, -0.25) is 0 Å². The van der Waals surface area contributed by atoms with Crippen LogP contribution in [0.15, 0.2) is 23.2 Å². The molecule has 0 spiro atoms. The zero-order valence-corrected chi connectivity index (χ0v) is 13.9. The molecule has 21 heavy (non-hydrogen) atoms. The van der Waals surface area contributed by atoms with E-state index in [0.717, 1.165) is 5.96 Å². The smallest absolute Gasteiger partial charge is 0.196 e. The van der Waals surface area contributed by atoms with Crippen molar-refractivity contribution in [1.29, 1.82) is 0 Å². The predicted molar refractivity (Wildman–Crippen MR) is 92.1 cm³/mol. The first kappa shape index (κ1) is 15.9. The van der Waals surface area contributed by atoms with Crippen molar-refractivity contribution in [2.75, 3.05) is 5.32 Å². The summed E-state index contributed by atoms with van der Waals surface area (Å²) in [6, 6.07) is 7.23. The molecule has 3 heteroatoms. The van der Waals surface area contributed by atoms with E-state index in [4.69, 9.17) is 4.99 Å². The van der Waals surface area contributed by atoms with Gasteiger partial charge in [0.25, 0.3) is 0 Å². The number of para-hydroxylation sites is 1. The maximum atomic E-state index is 4.95. The van der Waals surface area contributed by atoms with Crippen molar-refractivity contribution in [1.82, 2.24) is 5.32 Å². The first-order valence-corrected chi connectivity index (χ1v) is 8.24. The summed E-state index contributed by atoms with van der Waals surface area (Å²) >= 11 is 0. The van der Waals surface area contributed by atoms with Crippen molar-refractivity contribution in [3.05, 3.63) is 29.3 Å². The standard InChI is InChI=1S/C18H29N3/c1-13(2)19-18(20-16-11-6-5-7-12-16)21-17-14(3)9-8-10-15(17)4/h8-10,13,16H,5-7,11-12H2,1-4H3,(H2,19,20,21). The number of aliphatic imine (C=N–C) groups is 1. The Morgan fingerprint density at radius 3 is 2.29 bits per heavy atom. The summed E-state index contributed by atoms with van der Waals surface area (Å²) in [6.07, 6.45) is 6.43.